The molecule has 1 aliphatic heterocycles. The fourth-order valence-corrected chi connectivity index (χ4v) is 3.58. The van der Waals surface area contributed by atoms with Crippen LogP contribution in [0.3, 0.4) is 0 Å². The molecule has 1 N–H and O–H groups in total. The largest absolute Gasteiger partial charge is 0.368 e. The summed E-state index contributed by atoms with van der Waals surface area (Å²) in [6.45, 7) is 6.02. The van der Waals surface area contributed by atoms with E-state index in [-0.39, 0.29) is 11.8 Å². The second kappa shape index (κ2) is 7.36. The molecular weight excluding hydrogens is 324 g/mol. The number of nitrogens with zero attached hydrogens (tertiary/aromatic N) is 3. The lowest BCUT2D eigenvalue weighted by Crippen LogP contribution is -2.46. The first-order chi connectivity index (χ1) is 12.7. The summed E-state index contributed by atoms with van der Waals surface area (Å²) in [7, 11) is 0. The predicted octanol–water partition coefficient (Wildman–Crippen LogP) is 3.46. The summed E-state index contributed by atoms with van der Waals surface area (Å²) in [4.78, 5) is 21.3. The molecule has 5 nitrogen and oxygen atoms in total. The molecule has 1 amide bonds. The van der Waals surface area contributed by atoms with Crippen LogP contribution in [0.5, 0.6) is 0 Å². The third-order valence-electron chi connectivity index (χ3n) is 5.46. The molecule has 2 fully saturated rings. The van der Waals surface area contributed by atoms with Gasteiger partial charge in [0.2, 0.25) is 5.91 Å². The average Bonchev–Trinajstić information content (AvgIpc) is 2.61. The van der Waals surface area contributed by atoms with E-state index in [4.69, 9.17) is 0 Å². The van der Waals surface area contributed by atoms with Crippen LogP contribution in [0.4, 0.5) is 17.2 Å². The van der Waals surface area contributed by atoms with E-state index in [9.17, 15) is 4.79 Å². The highest BCUT2D eigenvalue weighted by molar-refractivity contribution is 5.92. The molecule has 2 aliphatic rings. The lowest BCUT2D eigenvalue weighted by atomic mass is 9.85. The van der Waals surface area contributed by atoms with Crippen molar-refractivity contribution in [3.8, 4) is 0 Å². The van der Waals surface area contributed by atoms with Crippen molar-refractivity contribution in [2.24, 2.45) is 5.92 Å². The van der Waals surface area contributed by atoms with Crippen LogP contribution in [0.15, 0.2) is 42.6 Å². The van der Waals surface area contributed by atoms with E-state index in [0.717, 1.165) is 50.5 Å². The fraction of sp³-hybridized carbons (Fsp3) is 0.429. The van der Waals surface area contributed by atoms with E-state index in [1.54, 1.807) is 6.20 Å². The van der Waals surface area contributed by atoms with Gasteiger partial charge in [-0.1, -0.05) is 18.6 Å². The van der Waals surface area contributed by atoms with Crippen LogP contribution in [0.1, 0.15) is 24.8 Å². The first-order valence-electron chi connectivity index (χ1n) is 9.52. The number of nitrogens with one attached hydrogen (secondary N) is 1. The van der Waals surface area contributed by atoms with Gasteiger partial charge in [-0.15, -0.1) is 0 Å². The molecule has 26 heavy (non-hydrogen) atoms. The Bertz CT molecular complexity index is 762. The van der Waals surface area contributed by atoms with Gasteiger partial charge in [-0.3, -0.25) is 4.79 Å². The second-order valence-corrected chi connectivity index (χ2v) is 7.34. The number of amides is 1. The number of aryl methyl sites for hydroxylation is 1. The number of carbonyl (C=O) groups is 1. The van der Waals surface area contributed by atoms with Gasteiger partial charge < -0.3 is 15.1 Å². The Balaban J connectivity index is 1.33. The Morgan fingerprint density at radius 2 is 1.85 bits per heavy atom. The second-order valence-electron chi connectivity index (χ2n) is 7.34. The summed E-state index contributed by atoms with van der Waals surface area (Å²) in [5.74, 6) is 1.32. The summed E-state index contributed by atoms with van der Waals surface area (Å²) >= 11 is 0. The highest BCUT2D eigenvalue weighted by atomic mass is 16.1. The Labute approximate surface area is 155 Å². The highest BCUT2D eigenvalue weighted by Crippen LogP contribution is 2.28. The molecule has 1 aromatic heterocycles. The summed E-state index contributed by atoms with van der Waals surface area (Å²) < 4.78 is 0. The number of anilines is 3. The quantitative estimate of drug-likeness (QED) is 0.917. The average molecular weight is 350 g/mol. The molecule has 4 rings (SSSR count). The van der Waals surface area contributed by atoms with Gasteiger partial charge in [0.05, 0.1) is 11.9 Å². The number of piperazine rings is 1. The van der Waals surface area contributed by atoms with Crippen molar-refractivity contribution >= 4 is 23.1 Å². The summed E-state index contributed by atoms with van der Waals surface area (Å²) in [5, 5.41) is 2.98. The first kappa shape index (κ1) is 16.9. The van der Waals surface area contributed by atoms with Crippen LogP contribution < -0.4 is 15.1 Å². The van der Waals surface area contributed by atoms with E-state index >= 15 is 0 Å². The molecule has 0 radical (unpaired) electrons. The van der Waals surface area contributed by atoms with Gasteiger partial charge in [0.25, 0.3) is 0 Å². The van der Waals surface area contributed by atoms with E-state index in [2.05, 4.69) is 51.3 Å². The molecule has 1 saturated carbocycles. The SMILES string of the molecule is Cc1cccc(N2CCN(c3ccc(NC(=O)C4CCC4)cn3)CC2)c1. The summed E-state index contributed by atoms with van der Waals surface area (Å²) in [5.41, 5.74) is 3.39. The van der Waals surface area contributed by atoms with E-state index in [1.807, 2.05) is 12.1 Å². The maximum atomic E-state index is 12.0. The lowest BCUT2D eigenvalue weighted by molar-refractivity contribution is -0.122. The minimum Gasteiger partial charge on any atom is -0.368 e. The van der Waals surface area contributed by atoms with Crippen molar-refractivity contribution in [2.75, 3.05) is 41.3 Å². The molecule has 1 aliphatic carbocycles. The van der Waals surface area contributed by atoms with Crippen LogP contribution >= 0.6 is 0 Å². The van der Waals surface area contributed by atoms with E-state index in [0.29, 0.717) is 0 Å². The molecule has 5 heteroatoms. The first-order valence-corrected chi connectivity index (χ1v) is 9.52. The van der Waals surface area contributed by atoms with Crippen LogP contribution in [-0.4, -0.2) is 37.1 Å². The molecule has 1 aromatic carbocycles. The number of benzene rings is 1. The molecule has 1 saturated heterocycles. The van der Waals surface area contributed by atoms with Crippen LogP contribution in [0.2, 0.25) is 0 Å². The number of hydrogen-bond acceptors (Lipinski definition) is 4. The zero-order valence-corrected chi connectivity index (χ0v) is 15.3. The van der Waals surface area contributed by atoms with Gasteiger partial charge in [-0.2, -0.15) is 0 Å². The maximum absolute atomic E-state index is 12.0. The zero-order valence-electron chi connectivity index (χ0n) is 15.3. The third kappa shape index (κ3) is 3.66. The fourth-order valence-electron chi connectivity index (χ4n) is 3.58. The van der Waals surface area contributed by atoms with Crippen molar-refractivity contribution in [1.82, 2.24) is 4.98 Å². The topological polar surface area (TPSA) is 48.5 Å². The Morgan fingerprint density at radius 1 is 1.08 bits per heavy atom. The number of carbonyl (C=O) groups excluding carboxylic acids is 1. The Kier molecular flexibility index (Phi) is 4.78. The summed E-state index contributed by atoms with van der Waals surface area (Å²) in [6.07, 6.45) is 4.98. The van der Waals surface area contributed by atoms with E-state index in [1.165, 1.54) is 17.7 Å². The molecule has 2 heterocycles. The van der Waals surface area contributed by atoms with Gasteiger partial charge in [0.15, 0.2) is 0 Å². The number of rotatable bonds is 4. The van der Waals surface area contributed by atoms with Gasteiger partial charge in [-0.05, 0) is 49.6 Å². The number of hydrogen-bond donors (Lipinski definition) is 1. The highest BCUT2D eigenvalue weighted by Gasteiger charge is 2.25. The Morgan fingerprint density at radius 3 is 2.46 bits per heavy atom. The minimum atomic E-state index is 0.137. The minimum absolute atomic E-state index is 0.137. The zero-order chi connectivity index (χ0) is 17.9. The predicted molar refractivity (Wildman–Crippen MR) is 106 cm³/mol. The third-order valence-corrected chi connectivity index (χ3v) is 5.46. The van der Waals surface area contributed by atoms with Crippen LogP contribution in [0.25, 0.3) is 0 Å². The van der Waals surface area contributed by atoms with E-state index < -0.39 is 0 Å². The number of pyridine rings is 1. The van der Waals surface area contributed by atoms with Crippen molar-refractivity contribution in [3.05, 3.63) is 48.2 Å². The molecule has 0 spiro atoms. The summed E-state index contributed by atoms with van der Waals surface area (Å²) in [6, 6.07) is 12.7. The maximum Gasteiger partial charge on any atom is 0.227 e. The van der Waals surface area contributed by atoms with Crippen LogP contribution in [0, 0.1) is 12.8 Å². The normalized spacial score (nSPS) is 17.7. The van der Waals surface area contributed by atoms with Crippen LogP contribution in [-0.2, 0) is 4.79 Å². The molecule has 136 valence electrons. The molecular formula is C21H26N4O. The van der Waals surface area contributed by atoms with Crippen molar-refractivity contribution in [3.63, 3.8) is 0 Å². The standard InChI is InChI=1S/C21H26N4O/c1-16-4-2-7-19(14-16)24-10-12-25(13-11-24)20-9-8-18(15-22-20)23-21(26)17-5-3-6-17/h2,4,7-9,14-15,17H,3,5-6,10-13H2,1H3,(H,23,26). The molecule has 0 unspecified atom stereocenters. The van der Waals surface area contributed by atoms with Crippen molar-refractivity contribution < 1.29 is 4.79 Å². The van der Waals surface area contributed by atoms with Gasteiger partial charge in [-0.25, -0.2) is 4.98 Å². The lowest BCUT2D eigenvalue weighted by Gasteiger charge is -2.36. The number of aromatic nitrogens is 1. The monoisotopic (exact) mass is 350 g/mol. The van der Waals surface area contributed by atoms with Gasteiger partial charge in [0.1, 0.15) is 5.82 Å². The Hall–Kier alpha value is -2.56. The molecule has 0 bridgehead atoms. The van der Waals surface area contributed by atoms with Crippen molar-refractivity contribution in [2.45, 2.75) is 26.2 Å². The molecule has 2 aromatic rings. The van der Waals surface area contributed by atoms with Gasteiger partial charge in [0, 0.05) is 37.8 Å². The van der Waals surface area contributed by atoms with Gasteiger partial charge >= 0.3 is 0 Å². The van der Waals surface area contributed by atoms with Crippen molar-refractivity contribution in [1.29, 1.82) is 0 Å². The molecule has 0 atom stereocenters. The smallest absolute Gasteiger partial charge is 0.227 e.